The highest BCUT2D eigenvalue weighted by Crippen LogP contribution is 2.48. The molecule has 1 fully saturated rings. The minimum atomic E-state index is -4.21. The van der Waals surface area contributed by atoms with Crippen LogP contribution in [0.4, 0.5) is 5.82 Å². The number of carbonyl (C=O) groups excluding carboxylic acids is 1. The van der Waals surface area contributed by atoms with Crippen LogP contribution in [0.3, 0.4) is 0 Å². The van der Waals surface area contributed by atoms with Gasteiger partial charge in [0.05, 0.1) is 16.3 Å². The Morgan fingerprint density at radius 1 is 1.38 bits per heavy atom. The van der Waals surface area contributed by atoms with Crippen LogP contribution in [-0.4, -0.2) is 56.5 Å². The van der Waals surface area contributed by atoms with Gasteiger partial charge in [-0.25, -0.2) is 9.36 Å². The summed E-state index contributed by atoms with van der Waals surface area (Å²) in [6.45, 7) is 5.84. The number of ether oxygens (including phenoxy) is 2. The molecule has 2 unspecified atom stereocenters. The first-order chi connectivity index (χ1) is 17.2. The number of alkyl halides is 1. The van der Waals surface area contributed by atoms with E-state index in [9.17, 15) is 19.3 Å². The number of rotatable bonds is 10. The lowest BCUT2D eigenvalue weighted by molar-refractivity contribution is -0.149. The minimum absolute atomic E-state index is 0.0479. The quantitative estimate of drug-likeness (QED) is 0.147. The van der Waals surface area contributed by atoms with Crippen LogP contribution in [-0.2, 0) is 23.4 Å². The molecule has 0 radical (unpaired) electrons. The summed E-state index contributed by atoms with van der Waals surface area (Å²) < 4.78 is 37.5. The molecule has 3 rings (SSSR count). The molecule has 0 bridgehead atoms. The van der Waals surface area contributed by atoms with Crippen molar-refractivity contribution in [3.8, 4) is 5.75 Å². The van der Waals surface area contributed by atoms with Crippen LogP contribution in [0, 0.1) is 3.57 Å². The maximum absolute atomic E-state index is 13.7. The van der Waals surface area contributed by atoms with Gasteiger partial charge in [0.15, 0.2) is 6.23 Å². The first-order valence-electron chi connectivity index (χ1n) is 11.3. The van der Waals surface area contributed by atoms with Gasteiger partial charge in [0.25, 0.3) is 0 Å². The molecule has 0 aliphatic carbocycles. The molecule has 15 heteroatoms. The van der Waals surface area contributed by atoms with Crippen LogP contribution in [0.15, 0.2) is 41.3 Å². The first-order valence-corrected chi connectivity index (χ1v) is 14.3. The molecule has 2 aromatic rings. The highest BCUT2D eigenvalue weighted by molar-refractivity contribution is 14.1. The summed E-state index contributed by atoms with van der Waals surface area (Å²) in [6.07, 6.45) is -2.59. The number of aliphatic hydroxyl groups excluding tert-OH is 1. The number of benzene rings is 1. The molecule has 1 aliphatic rings. The average molecular weight is 671 g/mol. The summed E-state index contributed by atoms with van der Waals surface area (Å²) >= 11 is 8.51. The standard InChI is InChI=1S/C22H29ClIN4O8P/c1-12(2)34-19(30)13(3)27-37(32,36-14-8-6-5-7-9-14)33-11-16-17(29)22(4,23)20(35-16)28-10-15(24)18(25)26-21(28)31/h5-10,12-13,16-17,20,29H,11H2,1-4H3,(H,27,32)(H2,25,26,31)/t13-,16-,17-,20?,22-,37?/m1/s1. The van der Waals surface area contributed by atoms with Gasteiger partial charge in [-0.1, -0.05) is 18.2 Å². The molecular weight excluding hydrogens is 642 g/mol. The molecule has 1 saturated heterocycles. The number of nitrogens with one attached hydrogen (secondary N) is 1. The zero-order valence-electron chi connectivity index (χ0n) is 20.5. The molecule has 1 aliphatic heterocycles. The summed E-state index contributed by atoms with van der Waals surface area (Å²) in [7, 11) is -4.21. The summed E-state index contributed by atoms with van der Waals surface area (Å²) in [6, 6.07) is 7.15. The van der Waals surface area contributed by atoms with Crippen molar-refractivity contribution >= 4 is 53.7 Å². The molecule has 2 heterocycles. The number of hydrogen-bond donors (Lipinski definition) is 3. The van der Waals surface area contributed by atoms with Crippen molar-refractivity contribution in [2.24, 2.45) is 0 Å². The lowest BCUT2D eigenvalue weighted by Crippen LogP contribution is -2.42. The van der Waals surface area contributed by atoms with Gasteiger partial charge in [-0.15, -0.1) is 11.6 Å². The maximum atomic E-state index is 13.7. The van der Waals surface area contributed by atoms with Gasteiger partial charge in [0.1, 0.15) is 34.7 Å². The Hall–Kier alpha value is -1.74. The molecule has 1 aromatic heterocycles. The minimum Gasteiger partial charge on any atom is -0.462 e. The predicted molar refractivity (Wildman–Crippen MR) is 144 cm³/mol. The highest BCUT2D eigenvalue weighted by Gasteiger charge is 2.54. The number of nitrogens with two attached hydrogens (primary N) is 1. The fraction of sp³-hybridized carbons (Fsp3) is 0.500. The van der Waals surface area contributed by atoms with Crippen LogP contribution in [0.25, 0.3) is 0 Å². The summed E-state index contributed by atoms with van der Waals surface area (Å²) in [4.78, 5) is 27.0. The van der Waals surface area contributed by atoms with E-state index >= 15 is 0 Å². The van der Waals surface area contributed by atoms with Gasteiger partial charge < -0.3 is 24.8 Å². The topological polar surface area (TPSA) is 164 Å². The monoisotopic (exact) mass is 670 g/mol. The van der Waals surface area contributed by atoms with E-state index in [-0.39, 0.29) is 17.7 Å². The van der Waals surface area contributed by atoms with E-state index < -0.39 is 55.4 Å². The SMILES string of the molecule is CC(C)OC(=O)[C@@H](C)NP(=O)(OC[C@H]1OC(n2cc(I)c(N)nc2=O)[C@](C)(Cl)[C@@H]1O)Oc1ccccc1. The number of hydrogen-bond acceptors (Lipinski definition) is 10. The molecule has 0 spiro atoms. The number of aromatic nitrogens is 2. The first kappa shape index (κ1) is 29.8. The van der Waals surface area contributed by atoms with Crippen LogP contribution >= 0.6 is 41.9 Å². The summed E-state index contributed by atoms with van der Waals surface area (Å²) in [5, 5.41) is 13.5. The molecule has 6 atom stereocenters. The van der Waals surface area contributed by atoms with E-state index in [4.69, 9.17) is 35.9 Å². The number of halogens is 2. The van der Waals surface area contributed by atoms with Gasteiger partial charge in [-0.05, 0) is 62.4 Å². The van der Waals surface area contributed by atoms with E-state index in [1.54, 1.807) is 44.2 Å². The van der Waals surface area contributed by atoms with E-state index in [0.717, 1.165) is 4.57 Å². The van der Waals surface area contributed by atoms with Gasteiger partial charge >= 0.3 is 19.4 Å². The van der Waals surface area contributed by atoms with Crippen molar-refractivity contribution in [1.82, 2.24) is 14.6 Å². The van der Waals surface area contributed by atoms with Crippen molar-refractivity contribution in [3.05, 3.63) is 50.6 Å². The van der Waals surface area contributed by atoms with E-state index in [0.29, 0.717) is 3.57 Å². The fourth-order valence-electron chi connectivity index (χ4n) is 3.48. The average Bonchev–Trinajstić information content (AvgIpc) is 3.03. The van der Waals surface area contributed by atoms with Crippen molar-refractivity contribution in [3.63, 3.8) is 0 Å². The van der Waals surface area contributed by atoms with Crippen LogP contribution in [0.2, 0.25) is 0 Å². The van der Waals surface area contributed by atoms with Crippen molar-refractivity contribution in [2.75, 3.05) is 12.3 Å². The summed E-state index contributed by atoms with van der Waals surface area (Å²) in [5.41, 5.74) is 4.98. The molecule has 0 saturated carbocycles. The van der Waals surface area contributed by atoms with Gasteiger partial charge in [-0.2, -0.15) is 10.1 Å². The number of para-hydroxylation sites is 1. The van der Waals surface area contributed by atoms with Crippen LogP contribution < -0.4 is 21.0 Å². The number of nitrogens with zero attached hydrogens (tertiary/aromatic N) is 2. The summed E-state index contributed by atoms with van der Waals surface area (Å²) in [5.74, 6) is -0.401. The lowest BCUT2D eigenvalue weighted by Gasteiger charge is -2.26. The number of nitrogen functional groups attached to an aromatic ring is 1. The lowest BCUT2D eigenvalue weighted by atomic mass is 10.0. The van der Waals surface area contributed by atoms with Crippen LogP contribution in [0.5, 0.6) is 5.75 Å². The van der Waals surface area contributed by atoms with Crippen molar-refractivity contribution in [1.29, 1.82) is 0 Å². The maximum Gasteiger partial charge on any atom is 0.459 e. The largest absolute Gasteiger partial charge is 0.462 e. The second-order valence-corrected chi connectivity index (χ2v) is 12.5. The Balaban J connectivity index is 1.81. The third-order valence-electron chi connectivity index (χ3n) is 5.34. The van der Waals surface area contributed by atoms with Crippen molar-refractivity contribution < 1.29 is 33.0 Å². The normalized spacial score (nSPS) is 26.0. The van der Waals surface area contributed by atoms with Crippen LogP contribution in [0.1, 0.15) is 33.9 Å². The molecular formula is C22H29ClIN4O8P. The molecule has 12 nitrogen and oxygen atoms in total. The molecule has 204 valence electrons. The smallest absolute Gasteiger partial charge is 0.459 e. The molecule has 1 aromatic carbocycles. The Morgan fingerprint density at radius 3 is 2.65 bits per heavy atom. The zero-order chi connectivity index (χ0) is 27.5. The number of esters is 1. The predicted octanol–water partition coefficient (Wildman–Crippen LogP) is 2.82. The Labute approximate surface area is 232 Å². The Morgan fingerprint density at radius 2 is 2.03 bits per heavy atom. The molecule has 0 amide bonds. The second kappa shape index (κ2) is 12.0. The van der Waals surface area contributed by atoms with E-state index in [1.807, 2.05) is 22.6 Å². The molecule has 37 heavy (non-hydrogen) atoms. The van der Waals surface area contributed by atoms with E-state index in [2.05, 4.69) is 10.1 Å². The van der Waals surface area contributed by atoms with Gasteiger partial charge in [-0.3, -0.25) is 13.9 Å². The Bertz CT molecular complexity index is 1210. The number of carbonyl (C=O) groups is 1. The Kier molecular flexibility index (Phi) is 9.65. The van der Waals surface area contributed by atoms with Crippen molar-refractivity contribution in [2.45, 2.75) is 63.2 Å². The van der Waals surface area contributed by atoms with Gasteiger partial charge in [0, 0.05) is 6.20 Å². The zero-order valence-corrected chi connectivity index (χ0v) is 24.3. The number of aliphatic hydroxyl groups is 1. The fourth-order valence-corrected chi connectivity index (χ4v) is 5.70. The third-order valence-corrected chi connectivity index (χ3v) is 8.22. The molecule has 4 N–H and O–H groups in total. The van der Waals surface area contributed by atoms with Gasteiger partial charge in [0.2, 0.25) is 0 Å². The number of anilines is 1. The van der Waals surface area contributed by atoms with E-state index in [1.165, 1.54) is 20.0 Å². The highest BCUT2D eigenvalue weighted by atomic mass is 127. The second-order valence-electron chi connectivity index (χ2n) is 8.82. The third kappa shape index (κ3) is 7.22.